The van der Waals surface area contributed by atoms with Gasteiger partial charge < -0.3 is 14.6 Å². The molecule has 5 nitrogen and oxygen atoms in total. The van der Waals surface area contributed by atoms with Gasteiger partial charge in [0.25, 0.3) is 11.5 Å². The molecule has 0 saturated carbocycles. The number of nitrogens with one attached hydrogen (secondary N) is 1. The molecular weight excluding hydrogens is 316 g/mol. The fourth-order valence-corrected chi connectivity index (χ4v) is 2.82. The van der Waals surface area contributed by atoms with Gasteiger partial charge in [0.2, 0.25) is 0 Å². The highest BCUT2D eigenvalue weighted by molar-refractivity contribution is 5.95. The van der Waals surface area contributed by atoms with Crippen molar-refractivity contribution >= 4 is 16.8 Å². The van der Waals surface area contributed by atoms with Crippen LogP contribution in [0.2, 0.25) is 0 Å². The molecule has 1 N–H and O–H groups in total. The van der Waals surface area contributed by atoms with Crippen LogP contribution < -0.4 is 10.3 Å². The number of pyridine rings is 1. The number of nitrogens with zero attached hydrogens (tertiary/aromatic N) is 1. The lowest BCUT2D eigenvalue weighted by Gasteiger charge is -2.18. The normalized spacial score (nSPS) is 10.7. The number of carbonyl (C=O) groups excluding carboxylic acids is 1. The molecule has 0 aliphatic rings. The van der Waals surface area contributed by atoms with Gasteiger partial charge in [-0.2, -0.15) is 0 Å². The Morgan fingerprint density at radius 1 is 1.16 bits per heavy atom. The Bertz CT molecular complexity index is 992. The van der Waals surface area contributed by atoms with Crippen molar-refractivity contribution in [3.8, 4) is 5.75 Å². The van der Waals surface area contributed by atoms with Crippen LogP contribution in [0.4, 0.5) is 0 Å². The van der Waals surface area contributed by atoms with Crippen LogP contribution in [0.5, 0.6) is 5.75 Å². The minimum Gasteiger partial charge on any atom is -0.497 e. The summed E-state index contributed by atoms with van der Waals surface area (Å²) in [6.07, 6.45) is 0. The fourth-order valence-electron chi connectivity index (χ4n) is 2.82. The molecule has 0 atom stereocenters. The number of benzene rings is 2. The van der Waals surface area contributed by atoms with Crippen molar-refractivity contribution in [3.05, 3.63) is 75.6 Å². The van der Waals surface area contributed by atoms with Crippen LogP contribution in [0.3, 0.4) is 0 Å². The quantitative estimate of drug-likeness (QED) is 0.796. The lowest BCUT2D eigenvalue weighted by atomic mass is 10.1. The largest absolute Gasteiger partial charge is 0.497 e. The van der Waals surface area contributed by atoms with Crippen LogP contribution in [0.25, 0.3) is 10.9 Å². The first kappa shape index (κ1) is 16.8. The van der Waals surface area contributed by atoms with E-state index in [4.69, 9.17) is 4.74 Å². The summed E-state index contributed by atoms with van der Waals surface area (Å²) in [4.78, 5) is 29.4. The molecule has 0 aliphatic heterocycles. The Kier molecular flexibility index (Phi) is 4.57. The van der Waals surface area contributed by atoms with Gasteiger partial charge in [-0.1, -0.05) is 18.2 Å². The number of aryl methyl sites for hydroxylation is 1. The topological polar surface area (TPSA) is 62.4 Å². The molecule has 2 aromatic carbocycles. The van der Waals surface area contributed by atoms with E-state index in [9.17, 15) is 9.59 Å². The second-order valence-corrected chi connectivity index (χ2v) is 6.05. The number of amides is 1. The van der Waals surface area contributed by atoms with Gasteiger partial charge in [-0.3, -0.25) is 9.59 Å². The predicted molar refractivity (Wildman–Crippen MR) is 98.1 cm³/mol. The molecule has 0 unspecified atom stereocenters. The van der Waals surface area contributed by atoms with Gasteiger partial charge in [-0.15, -0.1) is 0 Å². The first-order valence-corrected chi connectivity index (χ1v) is 8.00. The van der Waals surface area contributed by atoms with E-state index < -0.39 is 0 Å². The van der Waals surface area contributed by atoms with Crippen LogP contribution in [-0.4, -0.2) is 29.9 Å². The lowest BCUT2D eigenvalue weighted by Crippen LogP contribution is -2.29. The highest BCUT2D eigenvalue weighted by Crippen LogP contribution is 2.19. The summed E-state index contributed by atoms with van der Waals surface area (Å²) in [6.45, 7) is 2.13. The summed E-state index contributed by atoms with van der Waals surface area (Å²) in [5, 5.41) is 0.866. The maximum absolute atomic E-state index is 12.6. The fraction of sp³-hybridized carbons (Fsp3) is 0.200. The van der Waals surface area contributed by atoms with E-state index in [0.29, 0.717) is 11.1 Å². The molecule has 128 valence electrons. The highest BCUT2D eigenvalue weighted by atomic mass is 16.5. The zero-order valence-corrected chi connectivity index (χ0v) is 14.5. The van der Waals surface area contributed by atoms with Crippen LogP contribution in [0.1, 0.15) is 21.5 Å². The first-order chi connectivity index (χ1) is 12.0. The second kappa shape index (κ2) is 6.81. The van der Waals surface area contributed by atoms with Crippen LogP contribution in [0.15, 0.2) is 53.3 Å². The van der Waals surface area contributed by atoms with E-state index in [0.717, 1.165) is 22.2 Å². The number of hydrogen-bond acceptors (Lipinski definition) is 3. The Labute approximate surface area is 145 Å². The number of methoxy groups -OCH3 is 1. The van der Waals surface area contributed by atoms with Gasteiger partial charge >= 0.3 is 0 Å². The second-order valence-electron chi connectivity index (χ2n) is 6.05. The van der Waals surface area contributed by atoms with Crippen LogP contribution in [0, 0.1) is 6.92 Å². The molecule has 25 heavy (non-hydrogen) atoms. The van der Waals surface area contributed by atoms with Gasteiger partial charge in [0.05, 0.1) is 13.7 Å². The average Bonchev–Trinajstić information content (AvgIpc) is 2.61. The highest BCUT2D eigenvalue weighted by Gasteiger charge is 2.15. The molecule has 1 heterocycles. The van der Waals surface area contributed by atoms with Gasteiger partial charge in [0, 0.05) is 29.1 Å². The molecule has 0 aliphatic carbocycles. The van der Waals surface area contributed by atoms with E-state index in [1.165, 1.54) is 0 Å². The smallest absolute Gasteiger partial charge is 0.254 e. The van der Waals surface area contributed by atoms with E-state index in [-0.39, 0.29) is 18.0 Å². The van der Waals surface area contributed by atoms with Crippen molar-refractivity contribution in [1.29, 1.82) is 0 Å². The Balaban J connectivity index is 1.91. The summed E-state index contributed by atoms with van der Waals surface area (Å²) < 4.78 is 5.23. The molecule has 0 spiro atoms. The minimum absolute atomic E-state index is 0.108. The van der Waals surface area contributed by atoms with Crippen molar-refractivity contribution in [3.63, 3.8) is 0 Å². The summed E-state index contributed by atoms with van der Waals surface area (Å²) in [5.41, 5.74) is 2.63. The molecule has 3 aromatic rings. The van der Waals surface area contributed by atoms with E-state index in [2.05, 4.69) is 4.98 Å². The molecule has 0 fully saturated rings. The van der Waals surface area contributed by atoms with E-state index in [1.807, 2.05) is 37.3 Å². The number of fused-ring (bicyclic) bond motifs is 1. The van der Waals surface area contributed by atoms with Gasteiger partial charge in [-0.05, 0) is 42.8 Å². The molecule has 0 bridgehead atoms. The molecule has 0 saturated heterocycles. The number of rotatable bonds is 4. The van der Waals surface area contributed by atoms with Crippen molar-refractivity contribution in [1.82, 2.24) is 9.88 Å². The number of hydrogen-bond donors (Lipinski definition) is 1. The maximum Gasteiger partial charge on any atom is 0.254 e. The molecule has 3 rings (SSSR count). The predicted octanol–water partition coefficient (Wildman–Crippen LogP) is 3.12. The number of aromatic nitrogens is 1. The molecule has 0 radical (unpaired) electrons. The van der Waals surface area contributed by atoms with E-state index in [1.54, 1.807) is 37.3 Å². The van der Waals surface area contributed by atoms with Crippen molar-refractivity contribution in [2.45, 2.75) is 13.5 Å². The van der Waals surface area contributed by atoms with Gasteiger partial charge in [0.15, 0.2) is 0 Å². The van der Waals surface area contributed by atoms with Crippen molar-refractivity contribution in [2.24, 2.45) is 0 Å². The first-order valence-electron chi connectivity index (χ1n) is 8.00. The van der Waals surface area contributed by atoms with Gasteiger partial charge in [0.1, 0.15) is 5.75 Å². The molecule has 1 amide bonds. The lowest BCUT2D eigenvalue weighted by molar-refractivity contribution is 0.0784. The third kappa shape index (κ3) is 3.40. The van der Waals surface area contributed by atoms with Crippen molar-refractivity contribution in [2.75, 3.05) is 14.2 Å². The molecule has 5 heteroatoms. The Morgan fingerprint density at radius 3 is 2.64 bits per heavy atom. The zero-order valence-electron chi connectivity index (χ0n) is 14.5. The summed E-state index contributed by atoms with van der Waals surface area (Å²) in [5.74, 6) is 0.609. The number of H-pyrrole nitrogens is 1. The molecule has 1 aromatic heterocycles. The monoisotopic (exact) mass is 336 g/mol. The Morgan fingerprint density at radius 2 is 1.92 bits per heavy atom. The number of ether oxygens (including phenoxy) is 1. The Hall–Kier alpha value is -3.08. The van der Waals surface area contributed by atoms with Crippen LogP contribution in [-0.2, 0) is 6.54 Å². The maximum atomic E-state index is 12.6. The molecular formula is C20H20N2O3. The van der Waals surface area contributed by atoms with Gasteiger partial charge in [-0.25, -0.2) is 0 Å². The SMILES string of the molecule is COc1ccc2[nH]c(=O)c(CN(C)C(=O)c3ccccc3C)cc2c1. The van der Waals surface area contributed by atoms with Crippen molar-refractivity contribution < 1.29 is 9.53 Å². The zero-order chi connectivity index (χ0) is 18.0. The number of carbonyl (C=O) groups is 1. The summed E-state index contributed by atoms with van der Waals surface area (Å²) >= 11 is 0. The summed E-state index contributed by atoms with van der Waals surface area (Å²) in [7, 11) is 3.30. The average molecular weight is 336 g/mol. The van der Waals surface area contributed by atoms with E-state index >= 15 is 0 Å². The standard InChI is InChI=1S/C20H20N2O3/c1-13-6-4-5-7-17(13)20(24)22(2)12-15-10-14-11-16(25-3)8-9-18(14)21-19(15)23/h4-11H,12H2,1-3H3,(H,21,23). The third-order valence-electron chi connectivity index (χ3n) is 4.26. The van der Waals surface area contributed by atoms with Crippen LogP contribution >= 0.6 is 0 Å². The third-order valence-corrected chi connectivity index (χ3v) is 4.26. The summed E-state index contributed by atoms with van der Waals surface area (Å²) in [6, 6.07) is 14.7. The minimum atomic E-state index is -0.192. The number of aromatic amines is 1.